The number of rotatable bonds is 7. The number of nitrogens with two attached hydrogens (primary N) is 1. The number of anilines is 1. The van der Waals surface area contributed by atoms with Gasteiger partial charge >= 0.3 is 0 Å². The Balaban J connectivity index is 1.24. The van der Waals surface area contributed by atoms with Crippen LogP contribution in [0.4, 0.5) is 10.1 Å². The van der Waals surface area contributed by atoms with Crippen LogP contribution in [-0.4, -0.2) is 75.0 Å². The molecule has 0 radical (unpaired) electrons. The number of aromatic nitrogens is 3. The molecule has 2 amide bonds. The van der Waals surface area contributed by atoms with Gasteiger partial charge in [0.05, 0.1) is 12.3 Å². The third-order valence-corrected chi connectivity index (χ3v) is 6.86. The molecule has 2 aromatic carbocycles. The van der Waals surface area contributed by atoms with E-state index in [1.54, 1.807) is 17.0 Å². The first-order valence-electron chi connectivity index (χ1n) is 11.3. The molecule has 11 heteroatoms. The van der Waals surface area contributed by atoms with Crippen LogP contribution in [0.5, 0.6) is 0 Å². The van der Waals surface area contributed by atoms with E-state index in [0.29, 0.717) is 42.7 Å². The highest BCUT2D eigenvalue weighted by Crippen LogP contribution is 2.22. The van der Waals surface area contributed by atoms with Crippen molar-refractivity contribution in [3.63, 3.8) is 0 Å². The van der Waals surface area contributed by atoms with Gasteiger partial charge in [0.15, 0.2) is 5.82 Å². The number of carbonyl (C=O) groups excluding carboxylic acids is 2. The molecule has 4 rings (SSSR count). The minimum Gasteiger partial charge on any atom is -0.339 e. The summed E-state index contributed by atoms with van der Waals surface area (Å²) in [7, 11) is 0. The first kappa shape index (κ1) is 24.7. The summed E-state index contributed by atoms with van der Waals surface area (Å²) in [6, 6.07) is 11.7. The minimum atomic E-state index is -0.348. The number of nitrogens with zero attached hydrogens (tertiary/aromatic N) is 5. The van der Waals surface area contributed by atoms with E-state index in [4.69, 9.17) is 5.84 Å². The number of thioether (sulfide) groups is 1. The molecule has 0 spiro atoms. The SMILES string of the molecule is Cc1cccc(C)c1NC(=O)CN1CCN(C(=O)CSc2nnc(-c3ccc(F)cc3)n2N)CC1. The van der Waals surface area contributed by atoms with Crippen molar-refractivity contribution in [2.75, 3.05) is 49.6 Å². The fourth-order valence-corrected chi connectivity index (χ4v) is 4.70. The van der Waals surface area contributed by atoms with Crippen molar-refractivity contribution in [2.45, 2.75) is 19.0 Å². The van der Waals surface area contributed by atoms with Gasteiger partial charge in [-0.15, -0.1) is 10.2 Å². The Labute approximate surface area is 207 Å². The molecule has 1 fully saturated rings. The second-order valence-corrected chi connectivity index (χ2v) is 9.39. The van der Waals surface area contributed by atoms with Gasteiger partial charge in [-0.25, -0.2) is 9.07 Å². The van der Waals surface area contributed by atoms with Gasteiger partial charge in [-0.05, 0) is 49.2 Å². The summed E-state index contributed by atoms with van der Waals surface area (Å²) in [6.45, 7) is 6.58. The molecular formula is C24H28FN7O2S. The summed E-state index contributed by atoms with van der Waals surface area (Å²) in [5, 5.41) is 11.5. The number of amides is 2. The highest BCUT2D eigenvalue weighted by molar-refractivity contribution is 7.99. The first-order valence-corrected chi connectivity index (χ1v) is 12.3. The lowest BCUT2D eigenvalue weighted by Gasteiger charge is -2.34. The maximum absolute atomic E-state index is 13.2. The van der Waals surface area contributed by atoms with Crippen molar-refractivity contribution in [3.8, 4) is 11.4 Å². The van der Waals surface area contributed by atoms with Crippen LogP contribution in [-0.2, 0) is 9.59 Å². The number of piperazine rings is 1. The maximum atomic E-state index is 13.2. The fourth-order valence-electron chi connectivity index (χ4n) is 3.94. The molecule has 3 N–H and O–H groups in total. The summed E-state index contributed by atoms with van der Waals surface area (Å²) in [5.74, 6) is 6.22. The number of hydrogen-bond donors (Lipinski definition) is 2. The minimum absolute atomic E-state index is 0.0269. The molecular weight excluding hydrogens is 469 g/mol. The lowest BCUT2D eigenvalue weighted by Crippen LogP contribution is -2.51. The van der Waals surface area contributed by atoms with E-state index in [1.165, 1.54) is 28.6 Å². The van der Waals surface area contributed by atoms with Crippen LogP contribution >= 0.6 is 11.8 Å². The third kappa shape index (κ3) is 5.98. The predicted molar refractivity (Wildman–Crippen MR) is 134 cm³/mol. The lowest BCUT2D eigenvalue weighted by molar-refractivity contribution is -0.130. The molecule has 1 saturated heterocycles. The van der Waals surface area contributed by atoms with Crippen molar-refractivity contribution < 1.29 is 14.0 Å². The van der Waals surface area contributed by atoms with Crippen LogP contribution < -0.4 is 11.2 Å². The Bertz CT molecular complexity index is 1190. The number of benzene rings is 2. The molecule has 9 nitrogen and oxygen atoms in total. The molecule has 0 bridgehead atoms. The van der Waals surface area contributed by atoms with E-state index in [0.717, 1.165) is 16.8 Å². The van der Waals surface area contributed by atoms with Crippen molar-refractivity contribution in [2.24, 2.45) is 0 Å². The molecule has 0 aliphatic carbocycles. The van der Waals surface area contributed by atoms with E-state index in [-0.39, 0.29) is 29.9 Å². The lowest BCUT2D eigenvalue weighted by atomic mass is 10.1. The monoisotopic (exact) mass is 497 g/mol. The zero-order valence-corrected chi connectivity index (χ0v) is 20.5. The first-order chi connectivity index (χ1) is 16.8. The molecule has 1 aromatic heterocycles. The molecule has 0 atom stereocenters. The van der Waals surface area contributed by atoms with Gasteiger partial charge in [0.2, 0.25) is 17.0 Å². The molecule has 35 heavy (non-hydrogen) atoms. The zero-order chi connectivity index (χ0) is 24.9. The van der Waals surface area contributed by atoms with Crippen molar-refractivity contribution in [3.05, 3.63) is 59.4 Å². The van der Waals surface area contributed by atoms with Gasteiger partial charge < -0.3 is 16.1 Å². The van der Waals surface area contributed by atoms with Gasteiger partial charge in [0.1, 0.15) is 5.82 Å². The second-order valence-electron chi connectivity index (χ2n) is 8.44. The number of nitrogens with one attached hydrogen (secondary N) is 1. The Hall–Kier alpha value is -3.44. The average Bonchev–Trinajstić information content (AvgIpc) is 3.21. The topological polar surface area (TPSA) is 109 Å². The van der Waals surface area contributed by atoms with E-state index in [9.17, 15) is 14.0 Å². The quantitative estimate of drug-likeness (QED) is 0.381. The smallest absolute Gasteiger partial charge is 0.238 e. The number of nitrogen functional groups attached to an aromatic ring is 1. The highest BCUT2D eigenvalue weighted by Gasteiger charge is 2.23. The fraction of sp³-hybridized carbons (Fsp3) is 0.333. The van der Waals surface area contributed by atoms with E-state index < -0.39 is 0 Å². The Morgan fingerprint density at radius 3 is 2.34 bits per heavy atom. The van der Waals surface area contributed by atoms with Gasteiger partial charge in [-0.2, -0.15) is 0 Å². The standard InChI is InChI=1S/C24H28FN7O2S/c1-16-4-3-5-17(2)22(16)27-20(33)14-30-10-12-31(13-11-30)21(34)15-35-24-29-28-23(32(24)26)18-6-8-19(25)9-7-18/h3-9H,10-15,26H2,1-2H3,(H,27,33). The van der Waals surface area contributed by atoms with Gasteiger partial charge in [-0.3, -0.25) is 14.5 Å². The molecule has 184 valence electrons. The van der Waals surface area contributed by atoms with E-state index in [1.807, 2.05) is 36.9 Å². The van der Waals surface area contributed by atoms with Gasteiger partial charge in [0.25, 0.3) is 0 Å². The number of aryl methyl sites for hydroxylation is 2. The zero-order valence-electron chi connectivity index (χ0n) is 19.7. The Morgan fingerprint density at radius 2 is 1.69 bits per heavy atom. The summed E-state index contributed by atoms with van der Waals surface area (Å²) < 4.78 is 14.5. The van der Waals surface area contributed by atoms with Crippen molar-refractivity contribution in [1.29, 1.82) is 0 Å². The summed E-state index contributed by atoms with van der Waals surface area (Å²) in [6.07, 6.45) is 0. The normalized spacial score (nSPS) is 14.2. The molecule has 0 saturated carbocycles. The van der Waals surface area contributed by atoms with Crippen molar-refractivity contribution >= 4 is 29.3 Å². The van der Waals surface area contributed by atoms with Crippen LogP contribution in [0.15, 0.2) is 47.6 Å². The maximum Gasteiger partial charge on any atom is 0.238 e. The number of carbonyl (C=O) groups is 2. The Kier molecular flexibility index (Phi) is 7.67. The van der Waals surface area contributed by atoms with Gasteiger partial charge in [-0.1, -0.05) is 30.0 Å². The summed E-state index contributed by atoms with van der Waals surface area (Å²) in [4.78, 5) is 29.1. The van der Waals surface area contributed by atoms with Gasteiger partial charge in [0, 0.05) is 37.4 Å². The predicted octanol–water partition coefficient (Wildman–Crippen LogP) is 2.29. The average molecular weight is 498 g/mol. The van der Waals surface area contributed by atoms with E-state index >= 15 is 0 Å². The second kappa shape index (κ2) is 10.9. The molecule has 3 aromatic rings. The largest absolute Gasteiger partial charge is 0.339 e. The Morgan fingerprint density at radius 1 is 1.03 bits per heavy atom. The molecule has 2 heterocycles. The van der Waals surface area contributed by atoms with Crippen LogP contribution in [0.1, 0.15) is 11.1 Å². The van der Waals surface area contributed by atoms with Crippen LogP contribution in [0.2, 0.25) is 0 Å². The number of halogens is 1. The van der Waals surface area contributed by atoms with Crippen molar-refractivity contribution in [1.82, 2.24) is 24.7 Å². The van der Waals surface area contributed by atoms with Crippen LogP contribution in [0.3, 0.4) is 0 Å². The van der Waals surface area contributed by atoms with Crippen LogP contribution in [0, 0.1) is 19.7 Å². The summed E-state index contributed by atoms with van der Waals surface area (Å²) in [5.41, 5.74) is 3.56. The molecule has 1 aliphatic heterocycles. The highest BCUT2D eigenvalue weighted by atomic mass is 32.2. The van der Waals surface area contributed by atoms with E-state index in [2.05, 4.69) is 15.5 Å². The number of para-hydroxylation sites is 1. The number of hydrogen-bond acceptors (Lipinski definition) is 7. The third-order valence-electron chi connectivity index (χ3n) is 5.93. The summed E-state index contributed by atoms with van der Waals surface area (Å²) >= 11 is 1.20. The van der Waals surface area contributed by atoms with Crippen LogP contribution in [0.25, 0.3) is 11.4 Å². The molecule has 1 aliphatic rings. The molecule has 0 unspecified atom stereocenters.